The van der Waals surface area contributed by atoms with Crippen LogP contribution in [0.4, 0.5) is 4.39 Å². The van der Waals surface area contributed by atoms with Crippen LogP contribution in [0.5, 0.6) is 0 Å². The number of nitrogens with one attached hydrogen (secondary N) is 3. The number of aromatic nitrogens is 1. The number of rotatable bonds is 7. The molecule has 3 N–H and O–H groups in total. The summed E-state index contributed by atoms with van der Waals surface area (Å²) in [5.41, 5.74) is 2.09. The molecule has 0 radical (unpaired) electrons. The first-order valence-electron chi connectivity index (χ1n) is 8.02. The zero-order chi connectivity index (χ0) is 15.8. The third-order valence-corrected chi connectivity index (χ3v) is 3.54. The summed E-state index contributed by atoms with van der Waals surface area (Å²) in [6.07, 6.45) is 5.01. The number of aromatic amines is 1. The predicted octanol–water partition coefficient (Wildman–Crippen LogP) is 3.20. The van der Waals surface area contributed by atoms with Crippen LogP contribution >= 0.6 is 0 Å². The van der Waals surface area contributed by atoms with E-state index in [1.807, 2.05) is 6.20 Å². The molecule has 0 saturated carbocycles. The van der Waals surface area contributed by atoms with Crippen molar-refractivity contribution in [3.8, 4) is 0 Å². The van der Waals surface area contributed by atoms with E-state index in [9.17, 15) is 4.39 Å². The van der Waals surface area contributed by atoms with Gasteiger partial charge in [0.1, 0.15) is 5.82 Å². The Morgan fingerprint density at radius 3 is 2.91 bits per heavy atom. The van der Waals surface area contributed by atoms with Crippen LogP contribution in [-0.4, -0.2) is 30.6 Å². The zero-order valence-corrected chi connectivity index (χ0v) is 13.4. The Bertz CT molecular complexity index is 618. The number of fused-ring (bicyclic) bond motifs is 1. The molecular formula is C17H25FN4. The van der Waals surface area contributed by atoms with E-state index < -0.39 is 0 Å². The van der Waals surface area contributed by atoms with Gasteiger partial charge in [0.2, 0.25) is 0 Å². The normalized spacial score (nSPS) is 11.9. The van der Waals surface area contributed by atoms with Crippen molar-refractivity contribution in [1.82, 2.24) is 15.6 Å². The minimum absolute atomic E-state index is 0.198. The number of aliphatic imine (C=N–C) groups is 1. The molecule has 1 aromatic heterocycles. The minimum Gasteiger partial charge on any atom is -0.361 e. The molecule has 0 atom stereocenters. The van der Waals surface area contributed by atoms with Gasteiger partial charge in [-0.05, 0) is 43.5 Å². The molecule has 0 bridgehead atoms. The number of hydrogen-bond acceptors (Lipinski definition) is 1. The molecule has 1 aromatic carbocycles. The monoisotopic (exact) mass is 304 g/mol. The van der Waals surface area contributed by atoms with Crippen LogP contribution in [0.25, 0.3) is 10.9 Å². The predicted molar refractivity (Wildman–Crippen MR) is 90.9 cm³/mol. The molecular weight excluding hydrogens is 279 g/mol. The van der Waals surface area contributed by atoms with Gasteiger partial charge in [-0.1, -0.05) is 13.3 Å². The van der Waals surface area contributed by atoms with Gasteiger partial charge in [-0.2, -0.15) is 0 Å². The molecule has 22 heavy (non-hydrogen) atoms. The van der Waals surface area contributed by atoms with Crippen LogP contribution in [0.3, 0.4) is 0 Å². The Hall–Kier alpha value is -2.04. The fraction of sp³-hybridized carbons (Fsp3) is 0.471. The number of nitrogens with zero attached hydrogens (tertiary/aromatic N) is 1. The lowest BCUT2D eigenvalue weighted by Gasteiger charge is -2.11. The lowest BCUT2D eigenvalue weighted by molar-refractivity contribution is 0.629. The van der Waals surface area contributed by atoms with Crippen LogP contribution in [0.1, 0.15) is 32.3 Å². The number of benzene rings is 1. The zero-order valence-electron chi connectivity index (χ0n) is 13.4. The molecule has 0 amide bonds. The molecule has 0 saturated heterocycles. The second-order valence-corrected chi connectivity index (χ2v) is 5.29. The van der Waals surface area contributed by atoms with Crippen molar-refractivity contribution in [3.05, 3.63) is 35.8 Å². The van der Waals surface area contributed by atoms with Gasteiger partial charge >= 0.3 is 0 Å². The lowest BCUT2D eigenvalue weighted by Crippen LogP contribution is -2.38. The average Bonchev–Trinajstić information content (AvgIpc) is 2.90. The topological polar surface area (TPSA) is 52.2 Å². The molecule has 4 nitrogen and oxygen atoms in total. The van der Waals surface area contributed by atoms with E-state index in [0.29, 0.717) is 0 Å². The van der Waals surface area contributed by atoms with E-state index in [4.69, 9.17) is 0 Å². The highest BCUT2D eigenvalue weighted by atomic mass is 19.1. The van der Waals surface area contributed by atoms with Gasteiger partial charge in [-0.3, -0.25) is 4.99 Å². The van der Waals surface area contributed by atoms with Gasteiger partial charge in [0.05, 0.1) is 0 Å². The minimum atomic E-state index is -0.198. The number of hydrogen-bond donors (Lipinski definition) is 3. The smallest absolute Gasteiger partial charge is 0.191 e. The van der Waals surface area contributed by atoms with Crippen LogP contribution in [-0.2, 0) is 6.42 Å². The molecule has 2 aromatic rings. The molecule has 0 fully saturated rings. The first kappa shape index (κ1) is 16.3. The first-order chi connectivity index (χ1) is 10.7. The summed E-state index contributed by atoms with van der Waals surface area (Å²) in [5, 5.41) is 7.52. The van der Waals surface area contributed by atoms with Crippen molar-refractivity contribution in [3.63, 3.8) is 0 Å². The quantitative estimate of drug-likeness (QED) is 0.418. The van der Waals surface area contributed by atoms with Crippen molar-refractivity contribution >= 4 is 16.9 Å². The van der Waals surface area contributed by atoms with Crippen molar-refractivity contribution in [2.24, 2.45) is 4.99 Å². The molecule has 0 aliphatic heterocycles. The molecule has 120 valence electrons. The van der Waals surface area contributed by atoms with E-state index >= 15 is 0 Å². The van der Waals surface area contributed by atoms with E-state index in [0.717, 1.165) is 61.3 Å². The van der Waals surface area contributed by atoms with Gasteiger partial charge in [0.25, 0.3) is 0 Å². The second kappa shape index (κ2) is 8.41. The largest absolute Gasteiger partial charge is 0.361 e. The van der Waals surface area contributed by atoms with E-state index in [1.165, 1.54) is 6.07 Å². The van der Waals surface area contributed by atoms with Crippen molar-refractivity contribution in [2.75, 3.05) is 19.6 Å². The van der Waals surface area contributed by atoms with Crippen molar-refractivity contribution in [1.29, 1.82) is 0 Å². The number of unbranched alkanes of at least 4 members (excludes halogenated alkanes) is 1. The van der Waals surface area contributed by atoms with Crippen molar-refractivity contribution in [2.45, 2.75) is 33.1 Å². The molecule has 0 spiro atoms. The maximum Gasteiger partial charge on any atom is 0.191 e. The van der Waals surface area contributed by atoms with Crippen LogP contribution < -0.4 is 10.6 Å². The molecule has 2 rings (SSSR count). The first-order valence-corrected chi connectivity index (χ1v) is 8.02. The summed E-state index contributed by atoms with van der Waals surface area (Å²) in [6, 6.07) is 4.84. The van der Waals surface area contributed by atoms with Crippen molar-refractivity contribution < 1.29 is 4.39 Å². The number of guanidine groups is 1. The second-order valence-electron chi connectivity index (χ2n) is 5.29. The molecule has 0 aliphatic rings. The third kappa shape index (κ3) is 4.48. The third-order valence-electron chi connectivity index (χ3n) is 3.54. The molecule has 0 aliphatic carbocycles. The Labute approximate surface area is 131 Å². The molecule has 1 heterocycles. The van der Waals surface area contributed by atoms with Crippen LogP contribution in [0.15, 0.2) is 29.4 Å². The fourth-order valence-corrected chi connectivity index (χ4v) is 2.36. The van der Waals surface area contributed by atoms with E-state index in [-0.39, 0.29) is 5.82 Å². The summed E-state index contributed by atoms with van der Waals surface area (Å²) in [4.78, 5) is 7.71. The summed E-state index contributed by atoms with van der Waals surface area (Å²) < 4.78 is 13.4. The maximum atomic E-state index is 13.4. The highest BCUT2D eigenvalue weighted by Gasteiger charge is 2.05. The van der Waals surface area contributed by atoms with Gasteiger partial charge in [-0.15, -0.1) is 0 Å². The average molecular weight is 304 g/mol. The number of H-pyrrole nitrogens is 1. The molecule has 0 unspecified atom stereocenters. The SMILES string of the molecule is CCCCN=C(NCC)NCCc1c[nH]c2ccc(F)cc12. The Balaban J connectivity index is 1.93. The van der Waals surface area contributed by atoms with Crippen LogP contribution in [0.2, 0.25) is 0 Å². The van der Waals surface area contributed by atoms with Gasteiger partial charge in [0, 0.05) is 36.7 Å². The molecule has 5 heteroatoms. The summed E-state index contributed by atoms with van der Waals surface area (Å²) in [6.45, 7) is 6.66. The van der Waals surface area contributed by atoms with Crippen LogP contribution in [0, 0.1) is 5.82 Å². The van der Waals surface area contributed by atoms with E-state index in [2.05, 4.69) is 34.5 Å². The van der Waals surface area contributed by atoms with Gasteiger partial charge in [-0.25, -0.2) is 4.39 Å². The fourth-order valence-electron chi connectivity index (χ4n) is 2.36. The summed E-state index contributed by atoms with van der Waals surface area (Å²) in [7, 11) is 0. The van der Waals surface area contributed by atoms with Gasteiger partial charge in [0.15, 0.2) is 5.96 Å². The Morgan fingerprint density at radius 1 is 1.27 bits per heavy atom. The summed E-state index contributed by atoms with van der Waals surface area (Å²) >= 11 is 0. The number of halogens is 1. The Kier molecular flexibility index (Phi) is 6.25. The maximum absolute atomic E-state index is 13.4. The Morgan fingerprint density at radius 2 is 2.14 bits per heavy atom. The summed E-state index contributed by atoms with van der Waals surface area (Å²) in [5.74, 6) is 0.651. The van der Waals surface area contributed by atoms with Gasteiger partial charge < -0.3 is 15.6 Å². The highest BCUT2D eigenvalue weighted by molar-refractivity contribution is 5.83. The highest BCUT2D eigenvalue weighted by Crippen LogP contribution is 2.19. The lowest BCUT2D eigenvalue weighted by atomic mass is 10.1. The standard InChI is InChI=1S/C17H25FN4/c1-3-5-9-20-17(19-4-2)21-10-8-13-12-22-16-7-6-14(18)11-15(13)16/h6-7,11-12,22H,3-5,8-10H2,1-2H3,(H2,19,20,21). The van der Waals surface area contributed by atoms with E-state index in [1.54, 1.807) is 12.1 Å².